The summed E-state index contributed by atoms with van der Waals surface area (Å²) in [7, 11) is 1.71. The highest BCUT2D eigenvalue weighted by Crippen LogP contribution is 2.38. The Labute approximate surface area is 180 Å². The van der Waals surface area contributed by atoms with Crippen molar-refractivity contribution in [2.45, 2.75) is 32.3 Å². The molecule has 1 saturated carbocycles. The van der Waals surface area contributed by atoms with E-state index in [2.05, 4.69) is 25.3 Å². The van der Waals surface area contributed by atoms with Crippen molar-refractivity contribution in [3.8, 4) is 11.3 Å². The van der Waals surface area contributed by atoms with Crippen molar-refractivity contribution < 1.29 is 9.90 Å². The molecule has 0 unspecified atom stereocenters. The number of hydrogen-bond acceptors (Lipinski definition) is 7. The van der Waals surface area contributed by atoms with E-state index in [0.717, 1.165) is 22.9 Å². The van der Waals surface area contributed by atoms with Crippen molar-refractivity contribution in [3.63, 3.8) is 0 Å². The molecular formula is C23H26N6O2. The fraction of sp³-hybridized carbons (Fsp3) is 0.348. The third-order valence-corrected chi connectivity index (χ3v) is 5.32. The average molecular weight is 419 g/mol. The minimum atomic E-state index is -0.872. The highest BCUT2D eigenvalue weighted by atomic mass is 16.3. The smallest absolute Gasteiger partial charge is 0.229 e. The van der Waals surface area contributed by atoms with Crippen molar-refractivity contribution in [1.29, 1.82) is 0 Å². The summed E-state index contributed by atoms with van der Waals surface area (Å²) in [5.41, 5.74) is 7.72. The quantitative estimate of drug-likeness (QED) is 0.528. The summed E-state index contributed by atoms with van der Waals surface area (Å²) in [4.78, 5) is 29.5. The number of aliphatic hydroxyl groups is 1. The summed E-state index contributed by atoms with van der Waals surface area (Å²) in [6.45, 7) is 3.52. The zero-order chi connectivity index (χ0) is 22.2. The summed E-state index contributed by atoms with van der Waals surface area (Å²) in [6.07, 6.45) is 8.11. The standard InChI is InChI=1S/C23H26N6O2/c1-23(2,31)9-13-4-5-26-11-17(13)19-7-14-8-20(27-12-18(14)21(24)28-19)29-22(30)16-6-15(16)10-25-3/h4-5,7-8,10-12,15-16,31H,6,9H2,1-3H3,(H2,24,28)(H,27,29,30)/b25-10+/t15-,16+/m0/s1. The monoisotopic (exact) mass is 418 g/mol. The predicted molar refractivity (Wildman–Crippen MR) is 122 cm³/mol. The van der Waals surface area contributed by atoms with Gasteiger partial charge in [-0.05, 0) is 49.4 Å². The van der Waals surface area contributed by atoms with Crippen LogP contribution in [0.3, 0.4) is 0 Å². The third-order valence-electron chi connectivity index (χ3n) is 5.32. The molecule has 4 N–H and O–H groups in total. The van der Waals surface area contributed by atoms with Gasteiger partial charge in [0.05, 0.1) is 11.3 Å². The van der Waals surface area contributed by atoms with Gasteiger partial charge >= 0.3 is 0 Å². The highest BCUT2D eigenvalue weighted by molar-refractivity contribution is 5.99. The molecule has 2 atom stereocenters. The first-order valence-electron chi connectivity index (χ1n) is 10.2. The molecule has 0 aromatic carbocycles. The Balaban J connectivity index is 1.66. The number of pyridine rings is 3. The van der Waals surface area contributed by atoms with E-state index in [-0.39, 0.29) is 17.7 Å². The number of carbonyl (C=O) groups is 1. The SMILES string of the molecule is C/N=C/[C@@H]1C[C@H]1C(=O)Nc1cc2cc(-c3cnccc3CC(C)(C)O)nc(N)c2cn1. The first-order valence-corrected chi connectivity index (χ1v) is 10.2. The molecule has 8 nitrogen and oxygen atoms in total. The Morgan fingerprint density at radius 2 is 2.19 bits per heavy atom. The fourth-order valence-corrected chi connectivity index (χ4v) is 3.75. The molecule has 0 radical (unpaired) electrons. The van der Waals surface area contributed by atoms with E-state index < -0.39 is 5.60 Å². The molecule has 0 aliphatic heterocycles. The van der Waals surface area contributed by atoms with Gasteiger partial charge in [0, 0.05) is 61.1 Å². The predicted octanol–water partition coefficient (Wildman–Crippen LogP) is 2.86. The van der Waals surface area contributed by atoms with Gasteiger partial charge in [-0.2, -0.15) is 0 Å². The number of anilines is 2. The van der Waals surface area contributed by atoms with Gasteiger partial charge in [0.1, 0.15) is 11.6 Å². The van der Waals surface area contributed by atoms with Crippen LogP contribution in [0.1, 0.15) is 25.8 Å². The van der Waals surface area contributed by atoms with Gasteiger partial charge in [0.25, 0.3) is 0 Å². The number of nitrogen functional groups attached to an aromatic ring is 1. The lowest BCUT2D eigenvalue weighted by Gasteiger charge is -2.19. The molecule has 3 aromatic rings. The second-order valence-electron chi connectivity index (χ2n) is 8.61. The van der Waals surface area contributed by atoms with E-state index >= 15 is 0 Å². The van der Waals surface area contributed by atoms with Gasteiger partial charge < -0.3 is 21.1 Å². The summed E-state index contributed by atoms with van der Waals surface area (Å²) in [5, 5.41) is 14.7. The maximum Gasteiger partial charge on any atom is 0.229 e. The van der Waals surface area contributed by atoms with Crippen LogP contribution in [-0.4, -0.2) is 44.8 Å². The van der Waals surface area contributed by atoms with E-state index in [1.54, 1.807) is 45.6 Å². The molecule has 0 saturated heterocycles. The molecule has 0 spiro atoms. The van der Waals surface area contributed by atoms with Gasteiger partial charge in [0.15, 0.2) is 0 Å². The fourth-order valence-electron chi connectivity index (χ4n) is 3.75. The number of carbonyl (C=O) groups excluding carboxylic acids is 1. The zero-order valence-electron chi connectivity index (χ0n) is 17.8. The van der Waals surface area contributed by atoms with E-state index in [9.17, 15) is 9.90 Å². The van der Waals surface area contributed by atoms with Crippen molar-refractivity contribution in [2.24, 2.45) is 16.8 Å². The number of nitrogens with one attached hydrogen (secondary N) is 1. The van der Waals surface area contributed by atoms with Crippen molar-refractivity contribution in [2.75, 3.05) is 18.1 Å². The van der Waals surface area contributed by atoms with Crippen LogP contribution in [0.2, 0.25) is 0 Å². The van der Waals surface area contributed by atoms with Gasteiger partial charge in [-0.25, -0.2) is 9.97 Å². The molecule has 3 aromatic heterocycles. The summed E-state index contributed by atoms with van der Waals surface area (Å²) < 4.78 is 0. The highest BCUT2D eigenvalue weighted by Gasteiger charge is 2.41. The number of aromatic nitrogens is 3. The van der Waals surface area contributed by atoms with Crippen LogP contribution in [0.5, 0.6) is 0 Å². The van der Waals surface area contributed by atoms with E-state index in [0.29, 0.717) is 29.1 Å². The number of amides is 1. The number of rotatable bonds is 6. The van der Waals surface area contributed by atoms with Crippen LogP contribution < -0.4 is 11.1 Å². The molecule has 1 fully saturated rings. The molecule has 1 aliphatic rings. The Hall–Kier alpha value is -3.39. The Kier molecular flexibility index (Phi) is 5.41. The second kappa shape index (κ2) is 8.03. The maximum absolute atomic E-state index is 12.4. The first-order chi connectivity index (χ1) is 14.7. The molecule has 4 rings (SSSR count). The van der Waals surface area contributed by atoms with Crippen LogP contribution in [-0.2, 0) is 11.2 Å². The Morgan fingerprint density at radius 3 is 2.94 bits per heavy atom. The molecule has 3 heterocycles. The first kappa shape index (κ1) is 20.9. The average Bonchev–Trinajstić information content (AvgIpc) is 3.47. The van der Waals surface area contributed by atoms with Gasteiger partial charge in [-0.3, -0.25) is 9.78 Å². The van der Waals surface area contributed by atoms with Crippen LogP contribution in [0.25, 0.3) is 22.0 Å². The summed E-state index contributed by atoms with van der Waals surface area (Å²) >= 11 is 0. The van der Waals surface area contributed by atoms with Crippen LogP contribution in [0.4, 0.5) is 11.6 Å². The lowest BCUT2D eigenvalue weighted by Crippen LogP contribution is -2.22. The number of hydrogen-bond donors (Lipinski definition) is 3. The Bertz CT molecular complexity index is 1170. The van der Waals surface area contributed by atoms with Crippen molar-refractivity contribution >= 4 is 34.5 Å². The third kappa shape index (κ3) is 4.69. The van der Waals surface area contributed by atoms with Crippen LogP contribution >= 0.6 is 0 Å². The summed E-state index contributed by atoms with van der Waals surface area (Å²) in [5.74, 6) is 0.905. The molecule has 1 aliphatic carbocycles. The maximum atomic E-state index is 12.4. The van der Waals surface area contributed by atoms with Gasteiger partial charge in [-0.1, -0.05) is 0 Å². The molecular weight excluding hydrogens is 392 g/mol. The number of nitrogens with zero attached hydrogens (tertiary/aromatic N) is 4. The molecule has 0 bridgehead atoms. The lowest BCUT2D eigenvalue weighted by atomic mass is 9.94. The summed E-state index contributed by atoms with van der Waals surface area (Å²) in [6, 6.07) is 5.57. The topological polar surface area (TPSA) is 126 Å². The molecule has 31 heavy (non-hydrogen) atoms. The minimum absolute atomic E-state index is 0.0564. The van der Waals surface area contributed by atoms with Crippen molar-refractivity contribution in [3.05, 3.63) is 42.4 Å². The van der Waals surface area contributed by atoms with Gasteiger partial charge in [-0.15, -0.1) is 0 Å². The molecule has 1 amide bonds. The zero-order valence-corrected chi connectivity index (χ0v) is 17.8. The minimum Gasteiger partial charge on any atom is -0.390 e. The van der Waals surface area contributed by atoms with Gasteiger partial charge in [0.2, 0.25) is 5.91 Å². The molecule has 160 valence electrons. The van der Waals surface area contributed by atoms with E-state index in [1.165, 1.54) is 0 Å². The number of aliphatic imine (C=N–C) groups is 1. The Morgan fingerprint density at radius 1 is 1.39 bits per heavy atom. The van der Waals surface area contributed by atoms with E-state index in [4.69, 9.17) is 5.73 Å². The largest absolute Gasteiger partial charge is 0.390 e. The second-order valence-corrected chi connectivity index (χ2v) is 8.61. The van der Waals surface area contributed by atoms with Crippen molar-refractivity contribution in [1.82, 2.24) is 15.0 Å². The lowest BCUT2D eigenvalue weighted by molar-refractivity contribution is -0.117. The number of nitrogens with two attached hydrogens (primary N) is 1. The number of fused-ring (bicyclic) bond motifs is 1. The normalized spacial score (nSPS) is 18.5. The van der Waals surface area contributed by atoms with Crippen LogP contribution in [0, 0.1) is 11.8 Å². The van der Waals surface area contributed by atoms with Crippen LogP contribution in [0.15, 0.2) is 41.8 Å². The van der Waals surface area contributed by atoms with E-state index in [1.807, 2.05) is 18.3 Å². The molecule has 8 heteroatoms.